The number of ether oxygens (including phenoxy) is 2. The molecule has 0 aliphatic carbocycles. The van der Waals surface area contributed by atoms with E-state index in [2.05, 4.69) is 10.3 Å². The molecule has 20 heavy (non-hydrogen) atoms. The fraction of sp³-hybridized carbons (Fsp3) is 0.200. The molecule has 1 aliphatic heterocycles. The van der Waals surface area contributed by atoms with Crippen molar-refractivity contribution in [1.29, 1.82) is 0 Å². The summed E-state index contributed by atoms with van der Waals surface area (Å²) in [7, 11) is 0. The van der Waals surface area contributed by atoms with E-state index < -0.39 is 0 Å². The largest absolute Gasteiger partial charge is 0.486 e. The number of nitrogens with one attached hydrogen (secondary N) is 1. The quantitative estimate of drug-likeness (QED) is 0.910. The lowest BCUT2D eigenvalue weighted by Crippen LogP contribution is -2.17. The van der Waals surface area contributed by atoms with Gasteiger partial charge >= 0.3 is 0 Å². The van der Waals surface area contributed by atoms with Crippen molar-refractivity contribution in [2.24, 2.45) is 0 Å². The summed E-state index contributed by atoms with van der Waals surface area (Å²) in [6.07, 6.45) is 3.22. The van der Waals surface area contributed by atoms with Crippen LogP contribution in [0.25, 0.3) is 0 Å². The zero-order chi connectivity index (χ0) is 13.9. The standard InChI is InChI=1S/C15H14N2O3/c1-10-4-5-16-9-12(10)15(18)17-11-2-3-13-14(8-11)20-7-6-19-13/h2-5,8-9H,6-7H2,1H3,(H,17,18). The third-order valence-electron chi connectivity index (χ3n) is 3.08. The van der Waals surface area contributed by atoms with Crippen LogP contribution in [-0.4, -0.2) is 24.1 Å². The first kappa shape index (κ1) is 12.5. The summed E-state index contributed by atoms with van der Waals surface area (Å²) in [5.74, 6) is 1.16. The molecule has 0 atom stereocenters. The van der Waals surface area contributed by atoms with E-state index in [4.69, 9.17) is 9.47 Å². The Bertz CT molecular complexity index is 655. The van der Waals surface area contributed by atoms with Gasteiger partial charge in [0.2, 0.25) is 0 Å². The second-order valence-electron chi connectivity index (χ2n) is 4.50. The van der Waals surface area contributed by atoms with Crippen molar-refractivity contribution >= 4 is 11.6 Å². The van der Waals surface area contributed by atoms with Gasteiger partial charge in [-0.2, -0.15) is 0 Å². The monoisotopic (exact) mass is 270 g/mol. The molecule has 0 bridgehead atoms. The van der Waals surface area contributed by atoms with Gasteiger partial charge in [0.1, 0.15) is 13.2 Å². The Labute approximate surface area is 116 Å². The molecular formula is C15H14N2O3. The summed E-state index contributed by atoms with van der Waals surface area (Å²) < 4.78 is 10.9. The molecule has 0 saturated heterocycles. The second-order valence-corrected chi connectivity index (χ2v) is 4.50. The predicted octanol–water partition coefficient (Wildman–Crippen LogP) is 2.41. The fourth-order valence-electron chi connectivity index (χ4n) is 2.02. The number of amides is 1. The SMILES string of the molecule is Cc1ccncc1C(=O)Nc1ccc2c(c1)OCCO2. The smallest absolute Gasteiger partial charge is 0.257 e. The molecule has 1 aromatic heterocycles. The van der Waals surface area contributed by atoms with Crippen molar-refractivity contribution in [2.45, 2.75) is 6.92 Å². The van der Waals surface area contributed by atoms with Crippen molar-refractivity contribution in [2.75, 3.05) is 18.5 Å². The zero-order valence-corrected chi connectivity index (χ0v) is 11.1. The molecule has 0 spiro atoms. The number of aryl methyl sites for hydroxylation is 1. The summed E-state index contributed by atoms with van der Waals surface area (Å²) in [6, 6.07) is 7.15. The first-order chi connectivity index (χ1) is 9.74. The number of pyridine rings is 1. The normalized spacial score (nSPS) is 12.8. The second kappa shape index (κ2) is 5.21. The Balaban J connectivity index is 1.81. The van der Waals surface area contributed by atoms with E-state index in [-0.39, 0.29) is 5.91 Å². The molecule has 1 N–H and O–H groups in total. The molecule has 102 valence electrons. The molecule has 1 amide bonds. The molecule has 0 fully saturated rings. The van der Waals surface area contributed by atoms with Gasteiger partial charge in [0, 0.05) is 24.1 Å². The number of fused-ring (bicyclic) bond motifs is 1. The molecule has 5 nitrogen and oxygen atoms in total. The highest BCUT2D eigenvalue weighted by Gasteiger charge is 2.14. The highest BCUT2D eigenvalue weighted by molar-refractivity contribution is 6.05. The number of carbonyl (C=O) groups is 1. The Morgan fingerprint density at radius 1 is 1.20 bits per heavy atom. The first-order valence-electron chi connectivity index (χ1n) is 6.35. The number of aromatic nitrogens is 1. The number of nitrogens with zero attached hydrogens (tertiary/aromatic N) is 1. The van der Waals surface area contributed by atoms with E-state index in [1.165, 1.54) is 0 Å². The van der Waals surface area contributed by atoms with Gasteiger partial charge in [-0.25, -0.2) is 0 Å². The van der Waals surface area contributed by atoms with E-state index in [0.29, 0.717) is 36.0 Å². The van der Waals surface area contributed by atoms with Crippen LogP contribution in [0.15, 0.2) is 36.7 Å². The summed E-state index contributed by atoms with van der Waals surface area (Å²) in [5, 5.41) is 2.83. The summed E-state index contributed by atoms with van der Waals surface area (Å²) in [5.41, 5.74) is 2.11. The summed E-state index contributed by atoms with van der Waals surface area (Å²) >= 11 is 0. The topological polar surface area (TPSA) is 60.5 Å². The van der Waals surface area contributed by atoms with Gasteiger partial charge in [-0.3, -0.25) is 9.78 Å². The molecule has 1 aliphatic rings. The van der Waals surface area contributed by atoms with Crippen molar-refractivity contribution in [1.82, 2.24) is 4.98 Å². The maximum Gasteiger partial charge on any atom is 0.257 e. The van der Waals surface area contributed by atoms with Gasteiger partial charge in [-0.1, -0.05) is 0 Å². The van der Waals surface area contributed by atoms with Crippen molar-refractivity contribution in [3.8, 4) is 11.5 Å². The Kier molecular flexibility index (Phi) is 3.25. The molecule has 0 saturated carbocycles. The predicted molar refractivity (Wildman–Crippen MR) is 74.4 cm³/mol. The van der Waals surface area contributed by atoms with E-state index in [1.807, 2.05) is 6.92 Å². The lowest BCUT2D eigenvalue weighted by Gasteiger charge is -2.19. The Hall–Kier alpha value is -2.56. The average molecular weight is 270 g/mol. The zero-order valence-electron chi connectivity index (χ0n) is 11.1. The van der Waals surface area contributed by atoms with Crippen LogP contribution < -0.4 is 14.8 Å². The van der Waals surface area contributed by atoms with Crippen LogP contribution in [0.5, 0.6) is 11.5 Å². The van der Waals surface area contributed by atoms with Crippen LogP contribution in [0.1, 0.15) is 15.9 Å². The molecule has 2 aromatic rings. The molecule has 3 rings (SSSR count). The molecular weight excluding hydrogens is 256 g/mol. The number of anilines is 1. The number of carbonyl (C=O) groups excluding carboxylic acids is 1. The van der Waals surface area contributed by atoms with Crippen molar-refractivity contribution in [3.63, 3.8) is 0 Å². The van der Waals surface area contributed by atoms with Gasteiger partial charge in [0.05, 0.1) is 5.56 Å². The third kappa shape index (κ3) is 2.42. The van der Waals surface area contributed by atoms with Crippen molar-refractivity contribution in [3.05, 3.63) is 47.8 Å². The van der Waals surface area contributed by atoms with Crippen LogP contribution in [0.4, 0.5) is 5.69 Å². The maximum atomic E-state index is 12.2. The fourth-order valence-corrected chi connectivity index (χ4v) is 2.02. The molecule has 2 heterocycles. The molecule has 1 aromatic carbocycles. The number of hydrogen-bond donors (Lipinski definition) is 1. The van der Waals surface area contributed by atoms with E-state index in [1.54, 1.807) is 36.7 Å². The highest BCUT2D eigenvalue weighted by Crippen LogP contribution is 2.32. The average Bonchev–Trinajstić information content (AvgIpc) is 2.47. The van der Waals surface area contributed by atoms with Crippen LogP contribution in [0.3, 0.4) is 0 Å². The molecule has 0 radical (unpaired) electrons. The Morgan fingerprint density at radius 2 is 2.00 bits per heavy atom. The van der Waals surface area contributed by atoms with E-state index in [9.17, 15) is 4.79 Å². The maximum absolute atomic E-state index is 12.2. The van der Waals surface area contributed by atoms with Gasteiger partial charge in [0.25, 0.3) is 5.91 Å². The van der Waals surface area contributed by atoms with Gasteiger partial charge in [-0.15, -0.1) is 0 Å². The first-order valence-corrected chi connectivity index (χ1v) is 6.35. The van der Waals surface area contributed by atoms with Crippen LogP contribution in [0, 0.1) is 6.92 Å². The lowest BCUT2D eigenvalue weighted by molar-refractivity contribution is 0.102. The van der Waals surface area contributed by atoms with Crippen molar-refractivity contribution < 1.29 is 14.3 Å². The number of benzene rings is 1. The summed E-state index contributed by atoms with van der Waals surface area (Å²) in [4.78, 5) is 16.2. The van der Waals surface area contributed by atoms with Crippen LogP contribution in [0.2, 0.25) is 0 Å². The van der Waals surface area contributed by atoms with Gasteiger partial charge in [0.15, 0.2) is 11.5 Å². The lowest BCUT2D eigenvalue weighted by atomic mass is 10.1. The Morgan fingerprint density at radius 3 is 2.80 bits per heavy atom. The third-order valence-corrected chi connectivity index (χ3v) is 3.08. The van der Waals surface area contributed by atoms with Crippen LogP contribution >= 0.6 is 0 Å². The minimum Gasteiger partial charge on any atom is -0.486 e. The minimum atomic E-state index is -0.188. The van der Waals surface area contributed by atoms with E-state index in [0.717, 1.165) is 5.56 Å². The summed E-state index contributed by atoms with van der Waals surface area (Å²) in [6.45, 7) is 2.94. The molecule has 0 unspecified atom stereocenters. The molecule has 5 heteroatoms. The minimum absolute atomic E-state index is 0.188. The van der Waals surface area contributed by atoms with Gasteiger partial charge < -0.3 is 14.8 Å². The number of hydrogen-bond acceptors (Lipinski definition) is 4. The van der Waals surface area contributed by atoms with E-state index >= 15 is 0 Å². The highest BCUT2D eigenvalue weighted by atomic mass is 16.6. The van der Waals surface area contributed by atoms with Gasteiger partial charge in [-0.05, 0) is 30.7 Å². The number of rotatable bonds is 2. The van der Waals surface area contributed by atoms with Crippen LogP contribution in [-0.2, 0) is 0 Å².